The Morgan fingerprint density at radius 1 is 1.17 bits per heavy atom. The molecule has 1 saturated heterocycles. The van der Waals surface area contributed by atoms with Gasteiger partial charge in [-0.25, -0.2) is 4.98 Å². The third-order valence-corrected chi connectivity index (χ3v) is 3.39. The molecule has 0 unspecified atom stereocenters. The van der Waals surface area contributed by atoms with Gasteiger partial charge in [0.25, 0.3) is 0 Å². The predicted molar refractivity (Wildman–Crippen MR) is 71.4 cm³/mol. The minimum atomic E-state index is -0.177. The standard InChI is InChI=1S/C13H9BrN2O2/c14-9-2-3-11-8(5-9)1-4-12(15-11)16-7-10(17)6-13(16)18/h1-5H,6-7H2. The molecule has 1 amide bonds. The van der Waals surface area contributed by atoms with Gasteiger partial charge >= 0.3 is 0 Å². The van der Waals surface area contributed by atoms with Crippen LogP contribution in [0.4, 0.5) is 5.82 Å². The van der Waals surface area contributed by atoms with Gasteiger partial charge in [-0.1, -0.05) is 15.9 Å². The molecular weight excluding hydrogens is 296 g/mol. The first-order valence-electron chi connectivity index (χ1n) is 5.52. The van der Waals surface area contributed by atoms with E-state index in [9.17, 15) is 9.59 Å². The van der Waals surface area contributed by atoms with Crippen molar-refractivity contribution in [2.75, 3.05) is 11.4 Å². The molecule has 1 aromatic heterocycles. The zero-order valence-corrected chi connectivity index (χ0v) is 11.0. The van der Waals surface area contributed by atoms with E-state index >= 15 is 0 Å². The van der Waals surface area contributed by atoms with Crippen molar-refractivity contribution in [2.45, 2.75) is 6.42 Å². The van der Waals surface area contributed by atoms with E-state index in [0.717, 1.165) is 15.4 Å². The summed E-state index contributed by atoms with van der Waals surface area (Å²) >= 11 is 3.40. The van der Waals surface area contributed by atoms with Crippen LogP contribution in [0.25, 0.3) is 10.9 Å². The first kappa shape index (κ1) is 11.3. The van der Waals surface area contributed by atoms with Crippen LogP contribution in [0.15, 0.2) is 34.8 Å². The molecule has 18 heavy (non-hydrogen) atoms. The number of fused-ring (bicyclic) bond motifs is 1. The molecule has 0 spiro atoms. The fourth-order valence-electron chi connectivity index (χ4n) is 2.03. The van der Waals surface area contributed by atoms with Crippen LogP contribution in [0.2, 0.25) is 0 Å². The molecule has 4 nitrogen and oxygen atoms in total. The molecule has 0 aliphatic carbocycles. The number of amides is 1. The van der Waals surface area contributed by atoms with Crippen LogP contribution in [0.3, 0.4) is 0 Å². The van der Waals surface area contributed by atoms with E-state index in [0.29, 0.717) is 5.82 Å². The largest absolute Gasteiger partial charge is 0.297 e. The van der Waals surface area contributed by atoms with Gasteiger partial charge in [0.2, 0.25) is 5.91 Å². The Hall–Kier alpha value is -1.75. The molecular formula is C13H9BrN2O2. The highest BCUT2D eigenvalue weighted by Crippen LogP contribution is 2.23. The number of carbonyl (C=O) groups excluding carboxylic acids is 2. The van der Waals surface area contributed by atoms with Crippen molar-refractivity contribution in [1.82, 2.24) is 4.98 Å². The number of halogens is 1. The van der Waals surface area contributed by atoms with Crippen molar-refractivity contribution >= 4 is 44.3 Å². The molecule has 0 atom stereocenters. The predicted octanol–water partition coefficient (Wildman–Crippen LogP) is 2.30. The smallest absolute Gasteiger partial charge is 0.236 e. The Labute approximate surface area is 112 Å². The van der Waals surface area contributed by atoms with Crippen LogP contribution in [0, 0.1) is 0 Å². The van der Waals surface area contributed by atoms with Gasteiger partial charge < -0.3 is 0 Å². The van der Waals surface area contributed by atoms with E-state index in [-0.39, 0.29) is 24.7 Å². The summed E-state index contributed by atoms with van der Waals surface area (Å²) in [4.78, 5) is 28.7. The molecule has 2 heterocycles. The van der Waals surface area contributed by atoms with E-state index in [1.54, 1.807) is 6.07 Å². The first-order valence-corrected chi connectivity index (χ1v) is 6.31. The number of anilines is 1. The van der Waals surface area contributed by atoms with E-state index in [1.165, 1.54) is 4.90 Å². The number of aromatic nitrogens is 1. The van der Waals surface area contributed by atoms with Crippen LogP contribution in [-0.4, -0.2) is 23.2 Å². The number of hydrogen-bond donors (Lipinski definition) is 0. The van der Waals surface area contributed by atoms with Gasteiger partial charge in [0.1, 0.15) is 5.82 Å². The second kappa shape index (κ2) is 4.17. The molecule has 90 valence electrons. The Kier molecular flexibility index (Phi) is 2.63. The molecule has 0 bridgehead atoms. The summed E-state index contributed by atoms with van der Waals surface area (Å²) in [6.45, 7) is 0.133. The lowest BCUT2D eigenvalue weighted by Gasteiger charge is -2.13. The molecule has 0 N–H and O–H groups in total. The van der Waals surface area contributed by atoms with Gasteiger partial charge in [0.05, 0.1) is 18.5 Å². The summed E-state index contributed by atoms with van der Waals surface area (Å²) in [5, 5.41) is 0.992. The summed E-state index contributed by atoms with van der Waals surface area (Å²) in [5.74, 6) is 0.308. The fraction of sp³-hybridized carbons (Fsp3) is 0.154. The number of carbonyl (C=O) groups is 2. The summed E-state index contributed by atoms with van der Waals surface area (Å²) in [5.41, 5.74) is 0.808. The third-order valence-electron chi connectivity index (χ3n) is 2.90. The zero-order chi connectivity index (χ0) is 12.7. The van der Waals surface area contributed by atoms with Crippen molar-refractivity contribution in [3.63, 3.8) is 0 Å². The third kappa shape index (κ3) is 1.90. The number of nitrogens with zero attached hydrogens (tertiary/aromatic N) is 2. The number of rotatable bonds is 1. The van der Waals surface area contributed by atoms with Gasteiger partial charge in [0.15, 0.2) is 5.78 Å². The molecule has 1 fully saturated rings. The van der Waals surface area contributed by atoms with Crippen LogP contribution >= 0.6 is 15.9 Å². The second-order valence-electron chi connectivity index (χ2n) is 4.20. The Bertz CT molecular complexity index is 669. The average Bonchev–Trinajstić information content (AvgIpc) is 2.68. The molecule has 3 rings (SSSR count). The minimum Gasteiger partial charge on any atom is -0.297 e. The van der Waals surface area contributed by atoms with E-state index < -0.39 is 0 Å². The lowest BCUT2D eigenvalue weighted by molar-refractivity contribution is -0.121. The topological polar surface area (TPSA) is 50.3 Å². The monoisotopic (exact) mass is 304 g/mol. The van der Waals surface area contributed by atoms with Crippen LogP contribution in [-0.2, 0) is 9.59 Å². The lowest BCUT2D eigenvalue weighted by atomic mass is 10.2. The van der Waals surface area contributed by atoms with Crippen LogP contribution in [0.1, 0.15) is 6.42 Å². The van der Waals surface area contributed by atoms with Gasteiger partial charge in [-0.2, -0.15) is 0 Å². The van der Waals surface area contributed by atoms with E-state index in [1.807, 2.05) is 24.3 Å². The van der Waals surface area contributed by atoms with E-state index in [2.05, 4.69) is 20.9 Å². The number of hydrogen-bond acceptors (Lipinski definition) is 3. The number of pyridine rings is 1. The maximum absolute atomic E-state index is 11.6. The highest BCUT2D eigenvalue weighted by atomic mass is 79.9. The quantitative estimate of drug-likeness (QED) is 0.760. The normalized spacial score (nSPS) is 15.7. The maximum atomic E-state index is 11.6. The van der Waals surface area contributed by atoms with Crippen molar-refractivity contribution in [3.8, 4) is 0 Å². The number of benzene rings is 1. The maximum Gasteiger partial charge on any atom is 0.236 e. The van der Waals surface area contributed by atoms with Crippen molar-refractivity contribution in [3.05, 3.63) is 34.8 Å². The molecule has 1 aliphatic heterocycles. The second-order valence-corrected chi connectivity index (χ2v) is 5.12. The van der Waals surface area contributed by atoms with Gasteiger partial charge in [-0.3, -0.25) is 14.5 Å². The van der Waals surface area contributed by atoms with Crippen molar-refractivity contribution < 1.29 is 9.59 Å². The highest BCUT2D eigenvalue weighted by Gasteiger charge is 2.29. The van der Waals surface area contributed by atoms with E-state index in [4.69, 9.17) is 0 Å². The summed E-state index contributed by atoms with van der Waals surface area (Å²) in [6, 6.07) is 9.41. The zero-order valence-electron chi connectivity index (χ0n) is 9.39. The molecule has 1 aliphatic rings. The van der Waals surface area contributed by atoms with Gasteiger partial charge in [0, 0.05) is 9.86 Å². The molecule has 0 saturated carbocycles. The molecule has 2 aromatic rings. The van der Waals surface area contributed by atoms with Crippen molar-refractivity contribution in [1.29, 1.82) is 0 Å². The Morgan fingerprint density at radius 2 is 2.00 bits per heavy atom. The van der Waals surface area contributed by atoms with Gasteiger partial charge in [-0.15, -0.1) is 0 Å². The molecule has 0 radical (unpaired) electrons. The fourth-order valence-corrected chi connectivity index (χ4v) is 2.41. The summed E-state index contributed by atoms with van der Waals surface area (Å²) < 4.78 is 0.983. The highest BCUT2D eigenvalue weighted by molar-refractivity contribution is 9.10. The van der Waals surface area contributed by atoms with Gasteiger partial charge in [-0.05, 0) is 30.3 Å². The number of Topliss-reactive ketones (excluding diaryl/α,β-unsaturated/α-hetero) is 1. The van der Waals surface area contributed by atoms with Crippen LogP contribution < -0.4 is 4.90 Å². The molecule has 5 heteroatoms. The number of ketones is 1. The van der Waals surface area contributed by atoms with Crippen molar-refractivity contribution in [2.24, 2.45) is 0 Å². The minimum absolute atomic E-state index is 0.0138. The Balaban J connectivity index is 2.06. The molecule has 1 aromatic carbocycles. The summed E-state index contributed by atoms with van der Waals surface area (Å²) in [6.07, 6.45) is -0.0138. The van der Waals surface area contributed by atoms with Crippen LogP contribution in [0.5, 0.6) is 0 Å². The average molecular weight is 305 g/mol. The first-order chi connectivity index (χ1) is 8.63. The summed E-state index contributed by atoms with van der Waals surface area (Å²) in [7, 11) is 0. The Morgan fingerprint density at radius 3 is 2.72 bits per heavy atom. The lowest BCUT2D eigenvalue weighted by Crippen LogP contribution is -2.25. The SMILES string of the molecule is O=C1CC(=O)N(c2ccc3cc(Br)ccc3n2)C1.